The third kappa shape index (κ3) is 4.00. The maximum Gasteiger partial charge on any atom is 0.414 e. The lowest BCUT2D eigenvalue weighted by Crippen LogP contribution is -2.27. The Morgan fingerprint density at radius 2 is 1.53 bits per heavy atom. The highest BCUT2D eigenvalue weighted by molar-refractivity contribution is 7.92. The smallest absolute Gasteiger partial charge is 0.414 e. The predicted octanol–water partition coefficient (Wildman–Crippen LogP) is 2.23. The number of hydrogen-bond acceptors (Lipinski definition) is 6. The molecule has 160 valence electrons. The summed E-state index contributed by atoms with van der Waals surface area (Å²) in [5.74, 6) is 0. The van der Waals surface area contributed by atoms with Crippen molar-refractivity contribution in [2.24, 2.45) is 0 Å². The summed E-state index contributed by atoms with van der Waals surface area (Å²) < 4.78 is 59.4. The van der Waals surface area contributed by atoms with E-state index in [-0.39, 0.29) is 22.1 Å². The van der Waals surface area contributed by atoms with Gasteiger partial charge in [0.1, 0.15) is 6.61 Å². The lowest BCUT2D eigenvalue weighted by molar-refractivity contribution is 0.181. The Balaban J connectivity index is 1.53. The lowest BCUT2D eigenvalue weighted by Gasteiger charge is -2.16. The molecular weight excluding hydrogens is 430 g/mol. The number of hydrogen-bond donors (Lipinski definition) is 1. The molecule has 0 unspecified atom stereocenters. The van der Waals surface area contributed by atoms with Gasteiger partial charge in [-0.05, 0) is 55.3 Å². The zero-order valence-electron chi connectivity index (χ0n) is 16.0. The first kappa shape index (κ1) is 20.6. The SMILES string of the molecule is O=C1OCCN1c1cccc(NS(=O)(=O)c2ccc(S(=O)(=O)N3CCCC3)cc2)c1. The number of amides is 1. The van der Waals surface area contributed by atoms with Crippen LogP contribution in [0.1, 0.15) is 12.8 Å². The number of sulfonamides is 2. The Morgan fingerprint density at radius 1 is 0.867 bits per heavy atom. The standard InChI is InChI=1S/C19H21N3O6S2/c23-19-22(12-13-28-19)16-5-3-4-15(14-16)20-29(24,25)17-6-8-18(9-7-17)30(26,27)21-10-1-2-11-21/h3-9,14,20H,1-2,10-13H2. The van der Waals surface area contributed by atoms with Gasteiger partial charge in [0, 0.05) is 18.8 Å². The largest absolute Gasteiger partial charge is 0.447 e. The summed E-state index contributed by atoms with van der Waals surface area (Å²) in [6.07, 6.45) is 1.16. The molecule has 0 saturated carbocycles. The second-order valence-electron chi connectivity index (χ2n) is 7.00. The molecule has 1 amide bonds. The van der Waals surface area contributed by atoms with Crippen LogP contribution in [0.4, 0.5) is 16.2 Å². The Kier molecular flexibility index (Phi) is 5.43. The molecule has 2 saturated heterocycles. The van der Waals surface area contributed by atoms with Gasteiger partial charge in [0.2, 0.25) is 10.0 Å². The van der Waals surface area contributed by atoms with Crippen LogP contribution in [0.25, 0.3) is 0 Å². The topological polar surface area (TPSA) is 113 Å². The fraction of sp³-hybridized carbons (Fsp3) is 0.316. The van der Waals surface area contributed by atoms with Gasteiger partial charge in [-0.1, -0.05) is 6.07 Å². The van der Waals surface area contributed by atoms with E-state index in [2.05, 4.69) is 4.72 Å². The molecule has 2 aromatic rings. The fourth-order valence-electron chi connectivity index (χ4n) is 3.45. The molecule has 2 fully saturated rings. The van der Waals surface area contributed by atoms with Gasteiger partial charge in [0.15, 0.2) is 0 Å². The van der Waals surface area contributed by atoms with Crippen molar-refractivity contribution in [1.29, 1.82) is 0 Å². The molecule has 0 radical (unpaired) electrons. The number of nitrogens with zero attached hydrogens (tertiary/aromatic N) is 2. The normalized spacial score (nSPS) is 17.9. The fourth-order valence-corrected chi connectivity index (χ4v) is 6.01. The van der Waals surface area contributed by atoms with E-state index in [0.717, 1.165) is 12.8 Å². The Bertz CT molecular complexity index is 1160. The second-order valence-corrected chi connectivity index (χ2v) is 10.6. The van der Waals surface area contributed by atoms with E-state index in [0.29, 0.717) is 25.3 Å². The van der Waals surface area contributed by atoms with Crippen molar-refractivity contribution in [2.75, 3.05) is 35.9 Å². The highest BCUT2D eigenvalue weighted by atomic mass is 32.2. The number of carbonyl (C=O) groups excluding carboxylic acids is 1. The van der Waals surface area contributed by atoms with Crippen LogP contribution in [-0.4, -0.2) is 53.5 Å². The van der Waals surface area contributed by atoms with Gasteiger partial charge in [-0.25, -0.2) is 21.6 Å². The van der Waals surface area contributed by atoms with Crippen LogP contribution in [0.2, 0.25) is 0 Å². The molecule has 0 spiro atoms. The van der Waals surface area contributed by atoms with Crippen molar-refractivity contribution >= 4 is 37.5 Å². The molecule has 0 aliphatic carbocycles. The second kappa shape index (κ2) is 7.89. The minimum absolute atomic E-state index is 0.0612. The van der Waals surface area contributed by atoms with E-state index >= 15 is 0 Å². The molecule has 2 aromatic carbocycles. The van der Waals surface area contributed by atoms with Crippen molar-refractivity contribution in [3.63, 3.8) is 0 Å². The number of rotatable bonds is 6. The third-order valence-corrected chi connectivity index (χ3v) is 8.32. The molecule has 2 aliphatic heterocycles. The van der Waals surface area contributed by atoms with E-state index < -0.39 is 26.1 Å². The van der Waals surface area contributed by atoms with Gasteiger partial charge in [0.05, 0.1) is 22.0 Å². The minimum Gasteiger partial charge on any atom is -0.447 e. The van der Waals surface area contributed by atoms with E-state index in [9.17, 15) is 21.6 Å². The minimum atomic E-state index is -3.94. The highest BCUT2D eigenvalue weighted by Gasteiger charge is 2.28. The average Bonchev–Trinajstić information content (AvgIpc) is 3.40. The summed E-state index contributed by atoms with van der Waals surface area (Å²) in [4.78, 5) is 13.1. The van der Waals surface area contributed by atoms with Crippen molar-refractivity contribution in [2.45, 2.75) is 22.6 Å². The van der Waals surface area contributed by atoms with Crippen LogP contribution in [0.3, 0.4) is 0 Å². The van der Waals surface area contributed by atoms with E-state index in [1.807, 2.05) is 0 Å². The van der Waals surface area contributed by atoms with E-state index in [4.69, 9.17) is 4.74 Å². The molecule has 0 atom stereocenters. The van der Waals surface area contributed by atoms with Crippen molar-refractivity contribution in [3.8, 4) is 0 Å². The molecule has 9 nitrogen and oxygen atoms in total. The molecule has 0 aromatic heterocycles. The summed E-state index contributed by atoms with van der Waals surface area (Å²) in [5, 5.41) is 0. The van der Waals surface area contributed by atoms with Crippen LogP contribution in [-0.2, 0) is 24.8 Å². The summed E-state index contributed by atoms with van der Waals surface area (Å²) in [6, 6.07) is 11.6. The third-order valence-electron chi connectivity index (χ3n) is 5.01. The van der Waals surface area contributed by atoms with E-state index in [1.54, 1.807) is 18.2 Å². The van der Waals surface area contributed by atoms with Crippen molar-refractivity contribution in [1.82, 2.24) is 4.31 Å². The first-order valence-electron chi connectivity index (χ1n) is 9.45. The Labute approximate surface area is 175 Å². The quantitative estimate of drug-likeness (QED) is 0.721. The zero-order valence-corrected chi connectivity index (χ0v) is 17.7. The van der Waals surface area contributed by atoms with Gasteiger partial charge < -0.3 is 4.74 Å². The number of anilines is 2. The monoisotopic (exact) mass is 451 g/mol. The first-order valence-corrected chi connectivity index (χ1v) is 12.4. The van der Waals surface area contributed by atoms with E-state index in [1.165, 1.54) is 39.5 Å². The number of benzene rings is 2. The number of carbonyl (C=O) groups is 1. The van der Waals surface area contributed by atoms with Gasteiger partial charge in [-0.2, -0.15) is 4.31 Å². The first-order chi connectivity index (χ1) is 14.3. The number of nitrogens with one attached hydrogen (secondary N) is 1. The van der Waals surface area contributed by atoms with Crippen LogP contribution in [0, 0.1) is 0 Å². The van der Waals surface area contributed by atoms with Crippen LogP contribution in [0.5, 0.6) is 0 Å². The highest BCUT2D eigenvalue weighted by Crippen LogP contribution is 2.26. The van der Waals surface area contributed by atoms with Crippen LogP contribution < -0.4 is 9.62 Å². The maximum absolute atomic E-state index is 12.7. The molecule has 0 bridgehead atoms. The molecular formula is C19H21N3O6S2. The Hall–Kier alpha value is -2.63. The molecule has 2 heterocycles. The Morgan fingerprint density at radius 3 is 2.17 bits per heavy atom. The van der Waals surface area contributed by atoms with Crippen molar-refractivity contribution in [3.05, 3.63) is 48.5 Å². The molecule has 11 heteroatoms. The van der Waals surface area contributed by atoms with Crippen LogP contribution >= 0.6 is 0 Å². The van der Waals surface area contributed by atoms with Crippen molar-refractivity contribution < 1.29 is 26.4 Å². The summed E-state index contributed by atoms with van der Waals surface area (Å²) in [7, 11) is -7.55. The van der Waals surface area contributed by atoms with Gasteiger partial charge in [-0.15, -0.1) is 0 Å². The molecule has 2 aliphatic rings. The molecule has 1 N–H and O–H groups in total. The van der Waals surface area contributed by atoms with Gasteiger partial charge in [-0.3, -0.25) is 9.62 Å². The number of cyclic esters (lactones) is 1. The van der Waals surface area contributed by atoms with Crippen LogP contribution in [0.15, 0.2) is 58.3 Å². The maximum atomic E-state index is 12.7. The predicted molar refractivity (Wildman–Crippen MR) is 110 cm³/mol. The summed E-state index contributed by atoms with van der Waals surface area (Å²) in [5.41, 5.74) is 0.797. The summed E-state index contributed by atoms with van der Waals surface area (Å²) in [6.45, 7) is 1.62. The van der Waals surface area contributed by atoms with Gasteiger partial charge in [0.25, 0.3) is 10.0 Å². The number of ether oxygens (including phenoxy) is 1. The van der Waals surface area contributed by atoms with Gasteiger partial charge >= 0.3 is 6.09 Å². The summed E-state index contributed by atoms with van der Waals surface area (Å²) >= 11 is 0. The lowest BCUT2D eigenvalue weighted by atomic mass is 10.2. The molecule has 30 heavy (non-hydrogen) atoms. The molecule has 4 rings (SSSR count). The average molecular weight is 452 g/mol. The zero-order chi connectivity index (χ0) is 21.4.